The molecule has 1 aliphatic carbocycles. The standard InChI is InChI=1S/C14H17ClO4S/c1-9-3-2-4-11(7-9)20(18,19)13-8-10(14(16)17)5-6-12(13)15/h5-6,8-9,11H,2-4,7H2,1H3,(H,16,17). The Balaban J connectivity index is 2.43. The maximum absolute atomic E-state index is 12.7. The van der Waals surface area contributed by atoms with Crippen molar-refractivity contribution in [1.82, 2.24) is 0 Å². The quantitative estimate of drug-likeness (QED) is 0.927. The third kappa shape index (κ3) is 2.99. The van der Waals surface area contributed by atoms with Gasteiger partial charge < -0.3 is 5.11 Å². The van der Waals surface area contributed by atoms with Gasteiger partial charge in [-0.25, -0.2) is 13.2 Å². The molecule has 0 saturated heterocycles. The molecule has 0 aliphatic heterocycles. The molecule has 6 heteroatoms. The molecule has 1 aromatic carbocycles. The van der Waals surface area contributed by atoms with E-state index in [9.17, 15) is 13.2 Å². The average molecular weight is 317 g/mol. The molecule has 110 valence electrons. The van der Waals surface area contributed by atoms with Gasteiger partial charge in [0.05, 0.1) is 20.7 Å². The van der Waals surface area contributed by atoms with E-state index in [4.69, 9.17) is 16.7 Å². The molecular formula is C14H17ClO4S. The summed E-state index contributed by atoms with van der Waals surface area (Å²) in [5, 5.41) is 8.61. The number of rotatable bonds is 3. The van der Waals surface area contributed by atoms with Gasteiger partial charge >= 0.3 is 5.97 Å². The first-order chi connectivity index (χ1) is 9.32. The Bertz CT molecular complexity index is 624. The summed E-state index contributed by atoms with van der Waals surface area (Å²) in [6, 6.07) is 3.82. The van der Waals surface area contributed by atoms with E-state index in [-0.39, 0.29) is 15.5 Å². The minimum Gasteiger partial charge on any atom is -0.478 e. The van der Waals surface area contributed by atoms with Crippen molar-refractivity contribution < 1.29 is 18.3 Å². The number of aromatic carboxylic acids is 1. The Kier molecular flexibility index (Phi) is 4.39. The molecular weight excluding hydrogens is 300 g/mol. The molecule has 1 aromatic rings. The second-order valence-corrected chi connectivity index (χ2v) is 7.99. The van der Waals surface area contributed by atoms with Crippen molar-refractivity contribution in [2.24, 2.45) is 5.92 Å². The van der Waals surface area contributed by atoms with E-state index >= 15 is 0 Å². The van der Waals surface area contributed by atoms with Gasteiger partial charge in [-0.3, -0.25) is 0 Å². The van der Waals surface area contributed by atoms with Crippen molar-refractivity contribution in [2.75, 3.05) is 0 Å². The summed E-state index contributed by atoms with van der Waals surface area (Å²) in [7, 11) is -3.58. The molecule has 1 N–H and O–H groups in total. The van der Waals surface area contributed by atoms with Gasteiger partial charge in [0.2, 0.25) is 0 Å². The lowest BCUT2D eigenvalue weighted by atomic mass is 9.91. The summed E-state index contributed by atoms with van der Waals surface area (Å²) in [4.78, 5) is 10.9. The predicted molar refractivity (Wildman–Crippen MR) is 77.0 cm³/mol. The van der Waals surface area contributed by atoms with E-state index in [0.29, 0.717) is 18.8 Å². The van der Waals surface area contributed by atoms with Gasteiger partial charge in [0.15, 0.2) is 9.84 Å². The molecule has 0 aromatic heterocycles. The summed E-state index contributed by atoms with van der Waals surface area (Å²) in [5.41, 5.74) is -0.0585. The van der Waals surface area contributed by atoms with Gasteiger partial charge in [-0.1, -0.05) is 31.4 Å². The summed E-state index contributed by atoms with van der Waals surface area (Å²) in [6.45, 7) is 2.04. The molecule has 1 aliphatic rings. The Hall–Kier alpha value is -1.07. The highest BCUT2D eigenvalue weighted by Gasteiger charge is 2.33. The van der Waals surface area contributed by atoms with Crippen LogP contribution in [0.4, 0.5) is 0 Å². The van der Waals surface area contributed by atoms with Crippen LogP contribution in [0, 0.1) is 5.92 Å². The molecule has 0 bridgehead atoms. The van der Waals surface area contributed by atoms with Crippen LogP contribution in [0.15, 0.2) is 23.1 Å². The number of benzene rings is 1. The van der Waals surface area contributed by atoms with Gasteiger partial charge in [-0.05, 0) is 37.0 Å². The summed E-state index contributed by atoms with van der Waals surface area (Å²) in [5.74, 6) is -0.792. The summed E-state index contributed by atoms with van der Waals surface area (Å²) < 4.78 is 25.3. The fourth-order valence-corrected chi connectivity index (χ4v) is 5.18. The number of hydrogen-bond acceptors (Lipinski definition) is 3. The van der Waals surface area contributed by atoms with Crippen molar-refractivity contribution >= 4 is 27.4 Å². The molecule has 0 spiro atoms. The first-order valence-electron chi connectivity index (χ1n) is 6.59. The zero-order valence-corrected chi connectivity index (χ0v) is 12.7. The third-order valence-electron chi connectivity index (χ3n) is 3.81. The fourth-order valence-electron chi connectivity index (χ4n) is 2.69. The van der Waals surface area contributed by atoms with Crippen molar-refractivity contribution in [3.8, 4) is 0 Å². The smallest absolute Gasteiger partial charge is 0.335 e. The minimum absolute atomic E-state index is 0.0573. The van der Waals surface area contributed by atoms with E-state index in [2.05, 4.69) is 0 Å². The van der Waals surface area contributed by atoms with Crippen molar-refractivity contribution in [3.05, 3.63) is 28.8 Å². The Morgan fingerprint density at radius 1 is 1.35 bits per heavy atom. The van der Waals surface area contributed by atoms with Crippen LogP contribution in [0.1, 0.15) is 43.0 Å². The molecule has 2 unspecified atom stereocenters. The van der Waals surface area contributed by atoms with Crippen LogP contribution >= 0.6 is 11.6 Å². The van der Waals surface area contributed by atoms with Crippen LogP contribution in [0.5, 0.6) is 0 Å². The number of carboxylic acid groups (broad SMARTS) is 1. The zero-order valence-electron chi connectivity index (χ0n) is 11.2. The normalized spacial score (nSPS) is 23.5. The first kappa shape index (κ1) is 15.3. The molecule has 4 nitrogen and oxygen atoms in total. The highest BCUT2D eigenvalue weighted by atomic mass is 35.5. The zero-order chi connectivity index (χ0) is 14.9. The van der Waals surface area contributed by atoms with E-state index in [1.165, 1.54) is 18.2 Å². The Morgan fingerprint density at radius 3 is 2.65 bits per heavy atom. The lowest BCUT2D eigenvalue weighted by molar-refractivity contribution is 0.0696. The molecule has 0 radical (unpaired) electrons. The third-order valence-corrected chi connectivity index (χ3v) is 6.51. The second-order valence-electron chi connectivity index (χ2n) is 5.39. The lowest BCUT2D eigenvalue weighted by Gasteiger charge is -2.26. The van der Waals surface area contributed by atoms with Crippen LogP contribution in [0.25, 0.3) is 0 Å². The second kappa shape index (κ2) is 5.74. The average Bonchev–Trinajstić information content (AvgIpc) is 2.38. The number of halogens is 1. The van der Waals surface area contributed by atoms with E-state index < -0.39 is 21.1 Å². The highest BCUT2D eigenvalue weighted by molar-refractivity contribution is 7.92. The van der Waals surface area contributed by atoms with Crippen molar-refractivity contribution in [3.63, 3.8) is 0 Å². The number of carbonyl (C=O) groups is 1. The van der Waals surface area contributed by atoms with Gasteiger partial charge in [0, 0.05) is 0 Å². The van der Waals surface area contributed by atoms with Crippen molar-refractivity contribution in [2.45, 2.75) is 42.8 Å². The van der Waals surface area contributed by atoms with E-state index in [0.717, 1.165) is 12.8 Å². The van der Waals surface area contributed by atoms with Gasteiger partial charge in [0.1, 0.15) is 0 Å². The van der Waals surface area contributed by atoms with Gasteiger partial charge in [-0.15, -0.1) is 0 Å². The van der Waals surface area contributed by atoms with Crippen LogP contribution in [0.2, 0.25) is 5.02 Å². The van der Waals surface area contributed by atoms with Crippen LogP contribution in [0.3, 0.4) is 0 Å². The van der Waals surface area contributed by atoms with E-state index in [1.807, 2.05) is 6.92 Å². The van der Waals surface area contributed by atoms with Gasteiger partial charge in [0.25, 0.3) is 0 Å². The minimum atomic E-state index is -3.58. The van der Waals surface area contributed by atoms with E-state index in [1.54, 1.807) is 0 Å². The first-order valence-corrected chi connectivity index (χ1v) is 8.51. The van der Waals surface area contributed by atoms with Crippen LogP contribution in [-0.2, 0) is 9.84 Å². The maximum Gasteiger partial charge on any atom is 0.335 e. The maximum atomic E-state index is 12.7. The molecule has 20 heavy (non-hydrogen) atoms. The Morgan fingerprint density at radius 2 is 2.05 bits per heavy atom. The molecule has 0 amide bonds. The highest BCUT2D eigenvalue weighted by Crippen LogP contribution is 2.34. The number of sulfone groups is 1. The lowest BCUT2D eigenvalue weighted by Crippen LogP contribution is -2.27. The summed E-state index contributed by atoms with van der Waals surface area (Å²) >= 11 is 5.97. The molecule has 1 fully saturated rings. The number of hydrogen-bond donors (Lipinski definition) is 1. The summed E-state index contributed by atoms with van der Waals surface area (Å²) in [6.07, 6.45) is 3.13. The molecule has 2 rings (SSSR count). The fraction of sp³-hybridized carbons (Fsp3) is 0.500. The number of carboxylic acids is 1. The molecule has 0 heterocycles. The topological polar surface area (TPSA) is 71.4 Å². The largest absolute Gasteiger partial charge is 0.478 e. The predicted octanol–water partition coefficient (Wildman–Crippen LogP) is 3.39. The molecule has 1 saturated carbocycles. The molecule has 2 atom stereocenters. The SMILES string of the molecule is CC1CCCC(S(=O)(=O)c2cc(C(=O)O)ccc2Cl)C1. The van der Waals surface area contributed by atoms with Crippen molar-refractivity contribution in [1.29, 1.82) is 0 Å². The Labute approximate surface area is 123 Å². The van der Waals surface area contributed by atoms with Gasteiger partial charge in [-0.2, -0.15) is 0 Å². The van der Waals surface area contributed by atoms with Crippen LogP contribution < -0.4 is 0 Å². The van der Waals surface area contributed by atoms with Crippen LogP contribution in [-0.4, -0.2) is 24.7 Å². The monoisotopic (exact) mass is 316 g/mol.